The molecule has 0 spiro atoms. The van der Waals surface area contributed by atoms with Gasteiger partial charge in [0.05, 0.1) is 15.9 Å². The van der Waals surface area contributed by atoms with Crippen molar-refractivity contribution in [1.29, 1.82) is 0 Å². The van der Waals surface area contributed by atoms with E-state index in [9.17, 15) is 16.8 Å². The van der Waals surface area contributed by atoms with E-state index in [1.54, 1.807) is 26.0 Å². The average molecular weight is 413 g/mol. The van der Waals surface area contributed by atoms with Gasteiger partial charge in [0.1, 0.15) is 5.75 Å². The summed E-state index contributed by atoms with van der Waals surface area (Å²) in [4.78, 5) is 0.0302. The highest BCUT2D eigenvalue weighted by Gasteiger charge is 2.20. The molecule has 0 aliphatic rings. The third kappa shape index (κ3) is 5.52. The van der Waals surface area contributed by atoms with Crippen LogP contribution in [0.15, 0.2) is 52.3 Å². The largest absolute Gasteiger partial charge is 0.491 e. The number of sulfonamides is 2. The Morgan fingerprint density at radius 2 is 1.63 bits per heavy atom. The maximum Gasteiger partial charge on any atom is 0.241 e. The molecule has 0 amide bonds. The second-order valence-corrected chi connectivity index (χ2v) is 9.83. The van der Waals surface area contributed by atoms with Crippen LogP contribution >= 0.6 is 0 Å². The van der Waals surface area contributed by atoms with Gasteiger partial charge in [-0.2, -0.15) is 0 Å². The molecular weight excluding hydrogens is 388 g/mol. The Kier molecular flexibility index (Phi) is 6.31. The van der Waals surface area contributed by atoms with Gasteiger partial charge in [-0.05, 0) is 69.2 Å². The normalized spacial score (nSPS) is 13.6. The van der Waals surface area contributed by atoms with Crippen LogP contribution in [-0.2, 0) is 20.0 Å². The van der Waals surface area contributed by atoms with Crippen molar-refractivity contribution in [1.82, 2.24) is 4.72 Å². The highest BCUT2D eigenvalue weighted by Crippen LogP contribution is 2.24. The van der Waals surface area contributed by atoms with Gasteiger partial charge in [0.2, 0.25) is 20.0 Å². The smallest absolute Gasteiger partial charge is 0.241 e. The molecular formula is C18H24N2O5S2. The van der Waals surface area contributed by atoms with Crippen LogP contribution in [0, 0.1) is 6.92 Å². The van der Waals surface area contributed by atoms with E-state index >= 15 is 0 Å². The molecule has 0 saturated heterocycles. The van der Waals surface area contributed by atoms with Crippen LogP contribution in [0.5, 0.6) is 5.75 Å². The van der Waals surface area contributed by atoms with Crippen LogP contribution < -0.4 is 14.6 Å². The van der Waals surface area contributed by atoms with Crippen LogP contribution in [-0.4, -0.2) is 22.9 Å². The summed E-state index contributed by atoms with van der Waals surface area (Å²) in [6.07, 6.45) is -0.0181. The van der Waals surface area contributed by atoms with E-state index in [-0.39, 0.29) is 15.9 Å². The molecule has 2 aromatic carbocycles. The lowest BCUT2D eigenvalue weighted by atomic mass is 10.1. The summed E-state index contributed by atoms with van der Waals surface area (Å²) in [5.74, 6) is 0.623. The fraction of sp³-hybridized carbons (Fsp3) is 0.333. The van der Waals surface area contributed by atoms with Crippen molar-refractivity contribution in [3.63, 3.8) is 0 Å². The zero-order valence-corrected chi connectivity index (χ0v) is 17.3. The van der Waals surface area contributed by atoms with Gasteiger partial charge in [-0.25, -0.2) is 26.7 Å². The van der Waals surface area contributed by atoms with Gasteiger partial charge in [0.15, 0.2) is 0 Å². The predicted octanol–water partition coefficient (Wildman–Crippen LogP) is 2.47. The summed E-state index contributed by atoms with van der Waals surface area (Å²) in [6, 6.07) is 9.84. The lowest BCUT2D eigenvalue weighted by Gasteiger charge is -2.17. The quantitative estimate of drug-likeness (QED) is 0.725. The third-order valence-corrected chi connectivity index (χ3v) is 6.29. The molecule has 7 nitrogen and oxygen atoms in total. The zero-order valence-electron chi connectivity index (χ0n) is 15.6. The topological polar surface area (TPSA) is 116 Å². The molecule has 0 bridgehead atoms. The van der Waals surface area contributed by atoms with E-state index in [4.69, 9.17) is 9.88 Å². The van der Waals surface area contributed by atoms with Crippen LogP contribution in [0.3, 0.4) is 0 Å². The summed E-state index contributed by atoms with van der Waals surface area (Å²) < 4.78 is 56.5. The first-order valence-corrected chi connectivity index (χ1v) is 11.4. The predicted molar refractivity (Wildman–Crippen MR) is 103 cm³/mol. The van der Waals surface area contributed by atoms with Gasteiger partial charge in [-0.15, -0.1) is 0 Å². The average Bonchev–Trinajstić information content (AvgIpc) is 2.55. The SMILES string of the molecule is Cc1cc(S(=O)(=O)NC(C)c2cccc(S(N)(=O)=O)c2)ccc1OC(C)C. The minimum Gasteiger partial charge on any atom is -0.491 e. The molecule has 0 saturated carbocycles. The molecule has 1 atom stereocenters. The van der Waals surface area contributed by atoms with Gasteiger partial charge < -0.3 is 4.74 Å². The number of rotatable bonds is 7. The van der Waals surface area contributed by atoms with E-state index in [1.165, 1.54) is 30.3 Å². The van der Waals surface area contributed by atoms with E-state index in [0.29, 0.717) is 16.9 Å². The number of benzene rings is 2. The minimum absolute atomic E-state index is 0.0181. The molecule has 0 aliphatic heterocycles. The van der Waals surface area contributed by atoms with Crippen molar-refractivity contribution in [2.24, 2.45) is 5.14 Å². The number of aryl methyl sites for hydroxylation is 1. The van der Waals surface area contributed by atoms with Crippen molar-refractivity contribution in [2.45, 2.75) is 49.6 Å². The second-order valence-electron chi connectivity index (χ2n) is 6.55. The molecule has 3 N–H and O–H groups in total. The van der Waals surface area contributed by atoms with Gasteiger partial charge in [0, 0.05) is 6.04 Å². The lowest BCUT2D eigenvalue weighted by molar-refractivity contribution is 0.240. The monoisotopic (exact) mass is 412 g/mol. The molecule has 2 rings (SSSR count). The first-order valence-electron chi connectivity index (χ1n) is 8.32. The van der Waals surface area contributed by atoms with Crippen molar-refractivity contribution in [3.8, 4) is 5.75 Å². The standard InChI is InChI=1S/C18H24N2O5S2/c1-12(2)25-18-9-8-17(10-13(18)3)27(23,24)20-14(4)15-6-5-7-16(11-15)26(19,21)22/h5-12,14,20H,1-4H3,(H2,19,21,22). The first kappa shape index (κ1) is 21.4. The molecule has 0 aromatic heterocycles. The highest BCUT2D eigenvalue weighted by atomic mass is 32.2. The zero-order chi connectivity index (χ0) is 20.4. The van der Waals surface area contributed by atoms with Crippen LogP contribution in [0.2, 0.25) is 0 Å². The molecule has 2 aromatic rings. The van der Waals surface area contributed by atoms with Crippen LogP contribution in [0.25, 0.3) is 0 Å². The van der Waals surface area contributed by atoms with Crippen molar-refractivity contribution >= 4 is 20.0 Å². The molecule has 0 aliphatic carbocycles. The number of primary sulfonamides is 1. The Hall–Kier alpha value is -1.94. The fourth-order valence-electron chi connectivity index (χ4n) is 2.50. The number of nitrogens with two attached hydrogens (primary N) is 1. The molecule has 0 fully saturated rings. The fourth-order valence-corrected chi connectivity index (χ4v) is 4.39. The molecule has 27 heavy (non-hydrogen) atoms. The number of hydrogen-bond acceptors (Lipinski definition) is 5. The second kappa shape index (κ2) is 7.97. The number of nitrogens with one attached hydrogen (secondary N) is 1. The van der Waals surface area contributed by atoms with Crippen molar-refractivity contribution in [3.05, 3.63) is 53.6 Å². The van der Waals surface area contributed by atoms with Gasteiger partial charge in [0.25, 0.3) is 0 Å². The molecule has 1 unspecified atom stereocenters. The maximum atomic E-state index is 12.7. The Morgan fingerprint density at radius 3 is 2.19 bits per heavy atom. The third-order valence-electron chi connectivity index (χ3n) is 3.84. The summed E-state index contributed by atoms with van der Waals surface area (Å²) in [6.45, 7) is 7.19. The van der Waals surface area contributed by atoms with Gasteiger partial charge in [-0.1, -0.05) is 12.1 Å². The van der Waals surface area contributed by atoms with Crippen LogP contribution in [0.4, 0.5) is 0 Å². The molecule has 0 heterocycles. The van der Waals surface area contributed by atoms with Gasteiger partial charge in [-0.3, -0.25) is 0 Å². The molecule has 9 heteroatoms. The van der Waals surface area contributed by atoms with Crippen molar-refractivity contribution in [2.75, 3.05) is 0 Å². The van der Waals surface area contributed by atoms with Crippen LogP contribution in [0.1, 0.15) is 37.9 Å². The maximum absolute atomic E-state index is 12.7. The lowest BCUT2D eigenvalue weighted by Crippen LogP contribution is -2.27. The Balaban J connectivity index is 2.27. The minimum atomic E-state index is -3.87. The Morgan fingerprint density at radius 1 is 0.963 bits per heavy atom. The summed E-state index contributed by atoms with van der Waals surface area (Å²) in [7, 11) is -7.68. The van der Waals surface area contributed by atoms with E-state index in [2.05, 4.69) is 4.72 Å². The Bertz CT molecular complexity index is 1030. The van der Waals surface area contributed by atoms with E-state index < -0.39 is 26.1 Å². The Labute approximate surface area is 160 Å². The highest BCUT2D eigenvalue weighted by molar-refractivity contribution is 7.89. The first-order chi connectivity index (χ1) is 12.4. The van der Waals surface area contributed by atoms with Gasteiger partial charge >= 0.3 is 0 Å². The summed E-state index contributed by atoms with van der Waals surface area (Å²) in [5.41, 5.74) is 1.19. The van der Waals surface area contributed by atoms with E-state index in [0.717, 1.165) is 0 Å². The van der Waals surface area contributed by atoms with E-state index in [1.807, 2.05) is 13.8 Å². The molecule has 148 valence electrons. The number of ether oxygens (including phenoxy) is 1. The van der Waals surface area contributed by atoms with Crippen molar-refractivity contribution < 1.29 is 21.6 Å². The molecule has 0 radical (unpaired) electrons. The summed E-state index contributed by atoms with van der Waals surface area (Å²) in [5, 5.41) is 5.13. The number of hydrogen-bond donors (Lipinski definition) is 2. The summed E-state index contributed by atoms with van der Waals surface area (Å²) >= 11 is 0.